The molecule has 22 heavy (non-hydrogen) atoms. The van der Waals surface area contributed by atoms with Gasteiger partial charge in [-0.3, -0.25) is 14.9 Å². The number of aryl methyl sites for hydroxylation is 2. The van der Waals surface area contributed by atoms with E-state index in [-0.39, 0.29) is 11.3 Å². The molecule has 1 amide bonds. The van der Waals surface area contributed by atoms with Crippen molar-refractivity contribution in [1.82, 2.24) is 5.43 Å². The Morgan fingerprint density at radius 1 is 1.23 bits per heavy atom. The number of benzene rings is 2. The number of nitro groups is 1. The Kier molecular flexibility index (Phi) is 4.63. The van der Waals surface area contributed by atoms with Crippen molar-refractivity contribution >= 4 is 17.8 Å². The summed E-state index contributed by atoms with van der Waals surface area (Å²) < 4.78 is 0. The van der Waals surface area contributed by atoms with Gasteiger partial charge in [0.05, 0.1) is 11.1 Å². The molecule has 0 spiro atoms. The molecule has 0 saturated heterocycles. The molecule has 2 aromatic carbocycles. The Bertz CT molecular complexity index is 754. The number of rotatable bonds is 4. The molecule has 2 rings (SSSR count). The summed E-state index contributed by atoms with van der Waals surface area (Å²) in [6.45, 7) is 3.95. The zero-order chi connectivity index (χ0) is 16.1. The maximum Gasteiger partial charge on any atom is 0.271 e. The molecule has 0 bridgehead atoms. The van der Waals surface area contributed by atoms with E-state index in [9.17, 15) is 14.9 Å². The standard InChI is InChI=1S/C16H15N3O3/c1-11-6-7-14(12(2)8-11)10-17-18-16(20)13-4-3-5-15(9-13)19(21)22/h3-10H,1-2H3,(H,18,20)/b17-10-. The minimum Gasteiger partial charge on any atom is -0.267 e. The minimum absolute atomic E-state index is 0.133. The first-order valence-electron chi connectivity index (χ1n) is 6.62. The number of nitro benzene ring substituents is 1. The normalized spacial score (nSPS) is 10.6. The molecule has 0 aliphatic rings. The number of amides is 1. The molecule has 112 valence electrons. The summed E-state index contributed by atoms with van der Waals surface area (Å²) in [6.07, 6.45) is 1.55. The topological polar surface area (TPSA) is 84.6 Å². The van der Waals surface area contributed by atoms with Gasteiger partial charge in [0.1, 0.15) is 0 Å². The molecule has 0 unspecified atom stereocenters. The second kappa shape index (κ2) is 6.62. The summed E-state index contributed by atoms with van der Waals surface area (Å²) in [5, 5.41) is 14.6. The van der Waals surface area contributed by atoms with Gasteiger partial charge in [0.15, 0.2) is 0 Å². The second-order valence-electron chi connectivity index (χ2n) is 4.87. The number of hydrogen-bond donors (Lipinski definition) is 1. The van der Waals surface area contributed by atoms with E-state index in [1.807, 2.05) is 32.0 Å². The molecular weight excluding hydrogens is 282 g/mol. The van der Waals surface area contributed by atoms with Crippen molar-refractivity contribution in [1.29, 1.82) is 0 Å². The molecule has 0 aliphatic heterocycles. The van der Waals surface area contributed by atoms with Gasteiger partial charge in [-0.1, -0.05) is 29.8 Å². The first kappa shape index (κ1) is 15.4. The van der Waals surface area contributed by atoms with Crippen molar-refractivity contribution in [2.24, 2.45) is 5.10 Å². The molecule has 0 aromatic heterocycles. The number of hydrogen-bond acceptors (Lipinski definition) is 4. The highest BCUT2D eigenvalue weighted by Crippen LogP contribution is 2.13. The first-order chi connectivity index (χ1) is 10.5. The Labute approximate surface area is 127 Å². The van der Waals surface area contributed by atoms with Gasteiger partial charge < -0.3 is 0 Å². The van der Waals surface area contributed by atoms with Crippen LogP contribution in [0.5, 0.6) is 0 Å². The fourth-order valence-electron chi connectivity index (χ4n) is 1.96. The fourth-order valence-corrected chi connectivity index (χ4v) is 1.96. The van der Waals surface area contributed by atoms with Crippen molar-refractivity contribution in [3.8, 4) is 0 Å². The van der Waals surface area contributed by atoms with Crippen molar-refractivity contribution in [3.63, 3.8) is 0 Å². The number of nitrogens with zero attached hydrogens (tertiary/aromatic N) is 2. The monoisotopic (exact) mass is 297 g/mol. The minimum atomic E-state index is -0.546. The number of nitrogens with one attached hydrogen (secondary N) is 1. The third-order valence-corrected chi connectivity index (χ3v) is 3.11. The van der Waals surface area contributed by atoms with Gasteiger partial charge >= 0.3 is 0 Å². The van der Waals surface area contributed by atoms with E-state index in [4.69, 9.17) is 0 Å². The lowest BCUT2D eigenvalue weighted by molar-refractivity contribution is -0.384. The second-order valence-corrected chi connectivity index (χ2v) is 4.87. The summed E-state index contributed by atoms with van der Waals surface area (Å²) in [7, 11) is 0. The lowest BCUT2D eigenvalue weighted by Gasteiger charge is -2.02. The molecular formula is C16H15N3O3. The molecule has 0 fully saturated rings. The van der Waals surface area contributed by atoms with Crippen LogP contribution < -0.4 is 5.43 Å². The quantitative estimate of drug-likeness (QED) is 0.535. The van der Waals surface area contributed by atoms with E-state index in [1.54, 1.807) is 6.21 Å². The smallest absolute Gasteiger partial charge is 0.267 e. The van der Waals surface area contributed by atoms with Crippen molar-refractivity contribution < 1.29 is 9.72 Å². The van der Waals surface area contributed by atoms with Crippen LogP contribution in [-0.2, 0) is 0 Å². The third kappa shape index (κ3) is 3.76. The average molecular weight is 297 g/mol. The van der Waals surface area contributed by atoms with Gasteiger partial charge in [0, 0.05) is 17.7 Å². The van der Waals surface area contributed by atoms with E-state index in [2.05, 4.69) is 10.5 Å². The Morgan fingerprint density at radius 3 is 2.68 bits per heavy atom. The zero-order valence-corrected chi connectivity index (χ0v) is 12.2. The summed E-state index contributed by atoms with van der Waals surface area (Å²) >= 11 is 0. The van der Waals surface area contributed by atoms with Crippen LogP contribution in [0.3, 0.4) is 0 Å². The van der Waals surface area contributed by atoms with Crippen LogP contribution in [0.4, 0.5) is 5.69 Å². The van der Waals surface area contributed by atoms with Gasteiger partial charge in [-0.25, -0.2) is 5.43 Å². The van der Waals surface area contributed by atoms with Crippen LogP contribution in [-0.4, -0.2) is 17.0 Å². The Morgan fingerprint density at radius 2 is 2.00 bits per heavy atom. The van der Waals surface area contributed by atoms with E-state index in [0.29, 0.717) is 0 Å². The van der Waals surface area contributed by atoms with Crippen LogP contribution in [0.2, 0.25) is 0 Å². The Balaban J connectivity index is 2.08. The molecule has 1 N–H and O–H groups in total. The molecule has 0 heterocycles. The van der Waals surface area contributed by atoms with Crippen LogP contribution in [0, 0.1) is 24.0 Å². The average Bonchev–Trinajstić information content (AvgIpc) is 2.49. The van der Waals surface area contributed by atoms with Gasteiger partial charge in [-0.2, -0.15) is 5.10 Å². The summed E-state index contributed by atoms with van der Waals surface area (Å²) in [6, 6.07) is 11.4. The largest absolute Gasteiger partial charge is 0.271 e. The third-order valence-electron chi connectivity index (χ3n) is 3.11. The number of carbonyl (C=O) groups excluding carboxylic acids is 1. The molecule has 0 atom stereocenters. The van der Waals surface area contributed by atoms with Crippen molar-refractivity contribution in [3.05, 3.63) is 74.8 Å². The lowest BCUT2D eigenvalue weighted by atomic mass is 10.1. The Hall–Kier alpha value is -3.02. The van der Waals surface area contributed by atoms with Crippen LogP contribution >= 0.6 is 0 Å². The molecule has 0 aliphatic carbocycles. The maximum atomic E-state index is 11.9. The van der Waals surface area contributed by atoms with Crippen LogP contribution in [0.1, 0.15) is 27.0 Å². The van der Waals surface area contributed by atoms with Crippen LogP contribution in [0.15, 0.2) is 47.6 Å². The van der Waals surface area contributed by atoms with Crippen molar-refractivity contribution in [2.75, 3.05) is 0 Å². The van der Waals surface area contributed by atoms with Gasteiger partial charge in [0.25, 0.3) is 11.6 Å². The number of carbonyl (C=O) groups is 1. The summed E-state index contributed by atoms with van der Waals surface area (Å²) in [5.41, 5.74) is 5.51. The van der Waals surface area contributed by atoms with E-state index < -0.39 is 10.8 Å². The zero-order valence-electron chi connectivity index (χ0n) is 12.2. The highest BCUT2D eigenvalue weighted by atomic mass is 16.6. The van der Waals surface area contributed by atoms with E-state index >= 15 is 0 Å². The predicted molar refractivity (Wildman–Crippen MR) is 84.1 cm³/mol. The SMILES string of the molecule is Cc1ccc(/C=N\NC(=O)c2cccc([N+](=O)[O-])c2)c(C)c1. The predicted octanol–water partition coefficient (Wildman–Crippen LogP) is 2.98. The summed E-state index contributed by atoms with van der Waals surface area (Å²) in [5.74, 6) is -0.496. The highest BCUT2D eigenvalue weighted by Gasteiger charge is 2.10. The van der Waals surface area contributed by atoms with E-state index in [1.165, 1.54) is 24.3 Å². The number of non-ortho nitro benzene ring substituents is 1. The first-order valence-corrected chi connectivity index (χ1v) is 6.62. The van der Waals surface area contributed by atoms with Gasteiger partial charge in [0.2, 0.25) is 0 Å². The molecule has 6 heteroatoms. The molecule has 0 saturated carbocycles. The molecule has 2 aromatic rings. The van der Waals surface area contributed by atoms with Crippen LogP contribution in [0.25, 0.3) is 0 Å². The summed E-state index contributed by atoms with van der Waals surface area (Å²) in [4.78, 5) is 22.0. The van der Waals surface area contributed by atoms with Gasteiger partial charge in [-0.05, 0) is 31.0 Å². The lowest BCUT2D eigenvalue weighted by Crippen LogP contribution is -2.17. The number of hydrazone groups is 1. The fraction of sp³-hybridized carbons (Fsp3) is 0.125. The highest BCUT2D eigenvalue weighted by molar-refractivity contribution is 5.95. The molecule has 6 nitrogen and oxygen atoms in total. The molecule has 0 radical (unpaired) electrons. The van der Waals surface area contributed by atoms with Crippen molar-refractivity contribution in [2.45, 2.75) is 13.8 Å². The van der Waals surface area contributed by atoms with Gasteiger partial charge in [-0.15, -0.1) is 0 Å². The van der Waals surface area contributed by atoms with E-state index in [0.717, 1.165) is 16.7 Å². The maximum absolute atomic E-state index is 11.9.